The number of hydrogen-bond donors (Lipinski definition) is 1. The fourth-order valence-corrected chi connectivity index (χ4v) is 5.23. The van der Waals surface area contributed by atoms with Gasteiger partial charge < -0.3 is 29.1 Å². The van der Waals surface area contributed by atoms with Gasteiger partial charge in [0.25, 0.3) is 0 Å². The molecule has 0 spiro atoms. The first-order chi connectivity index (χ1) is 17.4. The van der Waals surface area contributed by atoms with Crippen LogP contribution < -0.4 is 9.64 Å². The second kappa shape index (κ2) is 13.6. The van der Waals surface area contributed by atoms with Crippen molar-refractivity contribution in [3.05, 3.63) is 47.5 Å². The molecule has 0 aliphatic heterocycles. The molecule has 1 aliphatic carbocycles. The molecule has 7 nitrogen and oxygen atoms in total. The van der Waals surface area contributed by atoms with E-state index in [1.165, 1.54) is 0 Å². The van der Waals surface area contributed by atoms with Crippen LogP contribution in [0.5, 0.6) is 5.75 Å². The van der Waals surface area contributed by atoms with Gasteiger partial charge in [0.1, 0.15) is 12.4 Å². The van der Waals surface area contributed by atoms with Crippen LogP contribution in [0.4, 0.5) is 5.69 Å². The van der Waals surface area contributed by atoms with E-state index in [9.17, 15) is 9.90 Å². The van der Waals surface area contributed by atoms with Gasteiger partial charge in [-0.15, -0.1) is 0 Å². The van der Waals surface area contributed by atoms with Crippen LogP contribution in [0.15, 0.2) is 36.4 Å². The molecular weight excluding hydrogens is 456 g/mol. The van der Waals surface area contributed by atoms with Crippen molar-refractivity contribution in [2.45, 2.75) is 51.6 Å². The SMILES string of the molecule is CCN(c1cc(-c2ccc(OCCOC)cc2)cc(C(=O)O)c1C)C1CCC(N(C)CCOC)CC1. The van der Waals surface area contributed by atoms with Crippen molar-refractivity contribution in [1.82, 2.24) is 4.90 Å². The third-order valence-corrected chi connectivity index (χ3v) is 7.38. The maximum absolute atomic E-state index is 12.2. The van der Waals surface area contributed by atoms with Crippen LogP contribution in [0, 0.1) is 6.92 Å². The van der Waals surface area contributed by atoms with Crippen LogP contribution in [0.2, 0.25) is 0 Å². The average molecular weight is 499 g/mol. The largest absolute Gasteiger partial charge is 0.491 e. The van der Waals surface area contributed by atoms with Crippen molar-refractivity contribution in [3.8, 4) is 16.9 Å². The highest BCUT2D eigenvalue weighted by atomic mass is 16.5. The molecule has 0 heterocycles. The summed E-state index contributed by atoms with van der Waals surface area (Å²) in [6.07, 6.45) is 4.46. The monoisotopic (exact) mass is 498 g/mol. The smallest absolute Gasteiger partial charge is 0.336 e. The molecule has 198 valence electrons. The molecule has 0 unspecified atom stereocenters. The lowest BCUT2D eigenvalue weighted by molar-refractivity contribution is 0.0696. The molecule has 0 aromatic heterocycles. The summed E-state index contributed by atoms with van der Waals surface area (Å²) < 4.78 is 16.0. The fraction of sp³-hybridized carbons (Fsp3) is 0.552. The highest BCUT2D eigenvalue weighted by Crippen LogP contribution is 2.36. The van der Waals surface area contributed by atoms with Crippen LogP contribution in [0.25, 0.3) is 11.1 Å². The van der Waals surface area contributed by atoms with Gasteiger partial charge in [0.15, 0.2) is 0 Å². The van der Waals surface area contributed by atoms with Crippen molar-refractivity contribution < 1.29 is 24.1 Å². The highest BCUT2D eigenvalue weighted by Gasteiger charge is 2.29. The Balaban J connectivity index is 1.83. The lowest BCUT2D eigenvalue weighted by Crippen LogP contribution is -2.44. The summed E-state index contributed by atoms with van der Waals surface area (Å²) in [4.78, 5) is 17.0. The molecule has 2 aromatic carbocycles. The van der Waals surface area contributed by atoms with E-state index < -0.39 is 5.97 Å². The maximum atomic E-state index is 12.2. The minimum atomic E-state index is -0.894. The number of aromatic carboxylic acids is 1. The Morgan fingerprint density at radius 1 is 0.944 bits per heavy atom. The minimum absolute atomic E-state index is 0.356. The van der Waals surface area contributed by atoms with E-state index in [0.717, 1.165) is 73.5 Å². The molecule has 1 fully saturated rings. The van der Waals surface area contributed by atoms with Crippen LogP contribution >= 0.6 is 0 Å². The first-order valence-electron chi connectivity index (χ1n) is 13.0. The third-order valence-electron chi connectivity index (χ3n) is 7.38. The molecule has 1 N–H and O–H groups in total. The number of likely N-dealkylation sites (N-methyl/N-ethyl adjacent to an activating group) is 1. The third kappa shape index (κ3) is 6.99. The molecule has 36 heavy (non-hydrogen) atoms. The minimum Gasteiger partial charge on any atom is -0.491 e. The van der Waals surface area contributed by atoms with E-state index in [4.69, 9.17) is 14.2 Å². The molecule has 0 saturated heterocycles. The zero-order chi connectivity index (χ0) is 26.1. The number of methoxy groups -OCH3 is 2. The van der Waals surface area contributed by atoms with Gasteiger partial charge in [0.2, 0.25) is 0 Å². The molecule has 7 heteroatoms. The second-order valence-electron chi connectivity index (χ2n) is 9.56. The lowest BCUT2D eigenvalue weighted by Gasteiger charge is -2.41. The lowest BCUT2D eigenvalue weighted by atomic mass is 9.88. The predicted molar refractivity (Wildman–Crippen MR) is 145 cm³/mol. The van der Waals surface area contributed by atoms with Crippen molar-refractivity contribution in [2.24, 2.45) is 0 Å². The summed E-state index contributed by atoms with van der Waals surface area (Å²) in [6.45, 7) is 7.65. The van der Waals surface area contributed by atoms with E-state index >= 15 is 0 Å². The molecule has 0 amide bonds. The van der Waals surface area contributed by atoms with Crippen LogP contribution in [0.3, 0.4) is 0 Å². The van der Waals surface area contributed by atoms with Crippen molar-refractivity contribution in [2.75, 3.05) is 59.1 Å². The molecule has 1 saturated carbocycles. The number of rotatable bonds is 13. The number of carboxylic acids is 1. The van der Waals surface area contributed by atoms with E-state index in [-0.39, 0.29) is 0 Å². The Hall–Kier alpha value is -2.61. The summed E-state index contributed by atoms with van der Waals surface area (Å²) in [5.74, 6) is -0.126. The van der Waals surface area contributed by atoms with Crippen molar-refractivity contribution >= 4 is 11.7 Å². The van der Waals surface area contributed by atoms with E-state index in [1.54, 1.807) is 20.3 Å². The van der Waals surface area contributed by atoms with Crippen LogP contribution in [-0.4, -0.2) is 82.2 Å². The topological polar surface area (TPSA) is 71.5 Å². The van der Waals surface area contributed by atoms with E-state index in [2.05, 4.69) is 29.8 Å². The molecule has 2 aromatic rings. The van der Waals surface area contributed by atoms with Gasteiger partial charge in [-0.3, -0.25) is 0 Å². The number of benzene rings is 2. The Morgan fingerprint density at radius 2 is 1.58 bits per heavy atom. The summed E-state index contributed by atoms with van der Waals surface area (Å²) in [6, 6.07) is 12.7. The molecule has 0 radical (unpaired) electrons. The normalized spacial score (nSPS) is 17.8. The number of anilines is 1. The fourth-order valence-electron chi connectivity index (χ4n) is 5.23. The highest BCUT2D eigenvalue weighted by molar-refractivity contribution is 5.94. The first kappa shape index (κ1) is 28.0. The Morgan fingerprint density at radius 3 is 2.17 bits per heavy atom. The van der Waals surface area contributed by atoms with Gasteiger partial charge in [-0.05, 0) is 87.5 Å². The molecule has 0 atom stereocenters. The van der Waals surface area contributed by atoms with Gasteiger partial charge in [0, 0.05) is 45.1 Å². The molecule has 3 rings (SSSR count). The van der Waals surface area contributed by atoms with Gasteiger partial charge in [0.05, 0.1) is 18.8 Å². The van der Waals surface area contributed by atoms with Gasteiger partial charge >= 0.3 is 5.97 Å². The molecule has 1 aliphatic rings. The quantitative estimate of drug-likeness (QED) is 0.385. The standard InChI is InChI=1S/C29H42N2O5/c1-6-31(25-11-9-24(10-12-25)30(3)15-16-34-4)28-20-23(19-27(21(28)2)29(32)33)22-7-13-26(14-8-22)36-18-17-35-5/h7-8,13-14,19-20,24-25H,6,9-12,15-18H2,1-5H3,(H,32,33). The number of nitrogens with zero attached hydrogens (tertiary/aromatic N) is 2. The number of hydrogen-bond acceptors (Lipinski definition) is 6. The van der Waals surface area contributed by atoms with Gasteiger partial charge in [-0.25, -0.2) is 4.79 Å². The maximum Gasteiger partial charge on any atom is 0.336 e. The van der Waals surface area contributed by atoms with Crippen molar-refractivity contribution in [3.63, 3.8) is 0 Å². The van der Waals surface area contributed by atoms with Crippen molar-refractivity contribution in [1.29, 1.82) is 0 Å². The summed E-state index contributed by atoms with van der Waals surface area (Å²) in [5.41, 5.74) is 4.07. The van der Waals surface area contributed by atoms with Gasteiger partial charge in [-0.2, -0.15) is 0 Å². The summed E-state index contributed by atoms with van der Waals surface area (Å²) in [7, 11) is 5.58. The first-order valence-corrected chi connectivity index (χ1v) is 13.0. The zero-order valence-electron chi connectivity index (χ0n) is 22.5. The van der Waals surface area contributed by atoms with Crippen LogP contribution in [-0.2, 0) is 9.47 Å². The summed E-state index contributed by atoms with van der Waals surface area (Å²) in [5, 5.41) is 9.99. The Labute approximate surface area is 216 Å². The van der Waals surface area contributed by atoms with E-state index in [0.29, 0.717) is 30.9 Å². The average Bonchev–Trinajstić information content (AvgIpc) is 2.89. The van der Waals surface area contributed by atoms with Crippen LogP contribution in [0.1, 0.15) is 48.5 Å². The Bertz CT molecular complexity index is 970. The number of carbonyl (C=O) groups is 1. The Kier molecular flexibility index (Phi) is 10.6. The number of ether oxygens (including phenoxy) is 3. The van der Waals surface area contributed by atoms with E-state index in [1.807, 2.05) is 31.2 Å². The number of carboxylic acid groups (broad SMARTS) is 1. The molecule has 0 bridgehead atoms. The zero-order valence-corrected chi connectivity index (χ0v) is 22.5. The predicted octanol–water partition coefficient (Wildman–Crippen LogP) is 5.10. The summed E-state index contributed by atoms with van der Waals surface area (Å²) >= 11 is 0. The molecular formula is C29H42N2O5. The van der Waals surface area contributed by atoms with Gasteiger partial charge in [-0.1, -0.05) is 12.1 Å². The second-order valence-corrected chi connectivity index (χ2v) is 9.56.